The quantitative estimate of drug-likeness (QED) is 0.449. The van der Waals surface area contributed by atoms with Crippen LogP contribution >= 0.6 is 0 Å². The summed E-state index contributed by atoms with van der Waals surface area (Å²) in [5, 5.41) is 0. The molecular formula is C25H39N3O4. The van der Waals surface area contributed by atoms with Gasteiger partial charge >= 0.3 is 6.09 Å². The van der Waals surface area contributed by atoms with Crippen molar-refractivity contribution in [1.29, 1.82) is 0 Å². The van der Waals surface area contributed by atoms with E-state index in [2.05, 4.69) is 16.7 Å². The summed E-state index contributed by atoms with van der Waals surface area (Å²) < 4.78 is 11.3. The molecule has 1 aromatic rings. The zero-order chi connectivity index (χ0) is 23.1. The molecule has 1 unspecified atom stereocenters. The molecule has 2 saturated heterocycles. The molecule has 0 saturated carbocycles. The van der Waals surface area contributed by atoms with Crippen LogP contribution < -0.4 is 4.74 Å². The molecule has 32 heavy (non-hydrogen) atoms. The molecule has 2 heterocycles. The smallest absolute Gasteiger partial charge is 0.410 e. The highest BCUT2D eigenvalue weighted by molar-refractivity contribution is 5.97. The number of Topliss-reactive ketones (excluding diaryl/α,β-unsaturated/α-hetero) is 1. The number of carbonyl (C=O) groups is 2. The van der Waals surface area contributed by atoms with Crippen molar-refractivity contribution in [1.82, 2.24) is 14.7 Å². The van der Waals surface area contributed by atoms with Gasteiger partial charge in [-0.05, 0) is 77.8 Å². The molecule has 2 aliphatic heterocycles. The maximum Gasteiger partial charge on any atom is 0.410 e. The lowest BCUT2D eigenvalue weighted by molar-refractivity contribution is 0.0149. The topological polar surface area (TPSA) is 62.3 Å². The van der Waals surface area contributed by atoms with Gasteiger partial charge in [0.1, 0.15) is 11.4 Å². The van der Waals surface area contributed by atoms with E-state index in [1.807, 2.05) is 45.0 Å². The van der Waals surface area contributed by atoms with Crippen molar-refractivity contribution < 1.29 is 19.1 Å². The van der Waals surface area contributed by atoms with Gasteiger partial charge in [-0.2, -0.15) is 0 Å². The van der Waals surface area contributed by atoms with Crippen molar-refractivity contribution in [3.05, 3.63) is 29.8 Å². The minimum atomic E-state index is -0.494. The Labute approximate surface area is 192 Å². The molecule has 0 N–H and O–H groups in total. The van der Waals surface area contributed by atoms with Crippen molar-refractivity contribution in [3.63, 3.8) is 0 Å². The highest BCUT2D eigenvalue weighted by atomic mass is 16.6. The van der Waals surface area contributed by atoms with Crippen LogP contribution in [-0.4, -0.2) is 90.6 Å². The number of carbonyl (C=O) groups excluding carboxylic acids is 2. The van der Waals surface area contributed by atoms with Gasteiger partial charge in [0, 0.05) is 44.3 Å². The van der Waals surface area contributed by atoms with Crippen molar-refractivity contribution in [2.24, 2.45) is 0 Å². The monoisotopic (exact) mass is 445 g/mol. The van der Waals surface area contributed by atoms with Gasteiger partial charge in [-0.25, -0.2) is 4.79 Å². The lowest BCUT2D eigenvalue weighted by atomic mass is 10.1. The van der Waals surface area contributed by atoms with Crippen molar-refractivity contribution in [2.75, 3.05) is 52.4 Å². The van der Waals surface area contributed by atoms with Crippen LogP contribution in [0.5, 0.6) is 5.75 Å². The van der Waals surface area contributed by atoms with E-state index in [4.69, 9.17) is 9.47 Å². The van der Waals surface area contributed by atoms with Crippen LogP contribution in [0.4, 0.5) is 4.79 Å². The summed E-state index contributed by atoms with van der Waals surface area (Å²) >= 11 is 0. The fraction of sp³-hybridized carbons (Fsp3) is 0.680. The predicted octanol–water partition coefficient (Wildman–Crippen LogP) is 3.68. The number of likely N-dealkylation sites (tertiary alicyclic amines) is 1. The molecule has 1 amide bonds. The first-order valence-electron chi connectivity index (χ1n) is 11.9. The fourth-order valence-electron chi connectivity index (χ4n) is 4.23. The van der Waals surface area contributed by atoms with Gasteiger partial charge in [0.2, 0.25) is 0 Å². The standard InChI is InChI=1S/C25H39N3O4/c1-20-7-5-12-27(20)13-6-18-31-22-10-8-21(9-11-22)23(29)19-26-14-16-28(17-15-26)24(30)32-25(2,3)4/h8-11,20H,5-7,12-19H2,1-4H3. The van der Waals surface area contributed by atoms with E-state index in [9.17, 15) is 9.59 Å². The highest BCUT2D eigenvalue weighted by Gasteiger charge is 2.26. The van der Waals surface area contributed by atoms with E-state index in [-0.39, 0.29) is 11.9 Å². The van der Waals surface area contributed by atoms with E-state index >= 15 is 0 Å². The molecule has 3 rings (SSSR count). The second kappa shape index (κ2) is 11.1. The molecule has 7 nitrogen and oxygen atoms in total. The number of ether oxygens (including phenoxy) is 2. The van der Waals surface area contributed by atoms with Gasteiger partial charge in [-0.3, -0.25) is 9.69 Å². The molecular weight excluding hydrogens is 406 g/mol. The highest BCUT2D eigenvalue weighted by Crippen LogP contribution is 2.18. The number of nitrogens with zero attached hydrogens (tertiary/aromatic N) is 3. The molecule has 2 fully saturated rings. The summed E-state index contributed by atoms with van der Waals surface area (Å²) in [5.74, 6) is 0.896. The maximum atomic E-state index is 12.7. The van der Waals surface area contributed by atoms with Crippen molar-refractivity contribution >= 4 is 11.9 Å². The third-order valence-electron chi connectivity index (χ3n) is 6.12. The Morgan fingerprint density at radius 1 is 1.03 bits per heavy atom. The Balaban J connectivity index is 1.36. The molecule has 1 aromatic carbocycles. The summed E-state index contributed by atoms with van der Waals surface area (Å²) in [4.78, 5) is 31.2. The summed E-state index contributed by atoms with van der Waals surface area (Å²) in [5.41, 5.74) is 0.199. The van der Waals surface area contributed by atoms with Crippen LogP contribution in [0.15, 0.2) is 24.3 Å². The molecule has 0 radical (unpaired) electrons. The van der Waals surface area contributed by atoms with Gasteiger partial charge < -0.3 is 19.3 Å². The summed E-state index contributed by atoms with van der Waals surface area (Å²) in [7, 11) is 0. The number of ketones is 1. The molecule has 7 heteroatoms. The Hall–Kier alpha value is -2.12. The van der Waals surface area contributed by atoms with Gasteiger partial charge in [0.15, 0.2) is 5.78 Å². The second-order valence-corrected chi connectivity index (χ2v) is 9.92. The number of hydrogen-bond acceptors (Lipinski definition) is 6. The third kappa shape index (κ3) is 7.48. The largest absolute Gasteiger partial charge is 0.494 e. The summed E-state index contributed by atoms with van der Waals surface area (Å²) in [6.45, 7) is 13.7. The number of benzene rings is 1. The van der Waals surface area contributed by atoms with E-state index in [1.54, 1.807) is 4.90 Å². The predicted molar refractivity (Wildman–Crippen MR) is 125 cm³/mol. The third-order valence-corrected chi connectivity index (χ3v) is 6.12. The zero-order valence-corrected chi connectivity index (χ0v) is 20.1. The van der Waals surface area contributed by atoms with E-state index in [0.29, 0.717) is 50.9 Å². The molecule has 1 atom stereocenters. The molecule has 0 spiro atoms. The van der Waals surface area contributed by atoms with E-state index in [0.717, 1.165) is 18.7 Å². The van der Waals surface area contributed by atoms with Crippen molar-refractivity contribution in [3.8, 4) is 5.75 Å². The number of piperazine rings is 1. The second-order valence-electron chi connectivity index (χ2n) is 9.92. The first-order chi connectivity index (χ1) is 15.2. The van der Waals surface area contributed by atoms with Crippen LogP contribution in [0.25, 0.3) is 0 Å². The van der Waals surface area contributed by atoms with Crippen LogP contribution in [0, 0.1) is 0 Å². The Morgan fingerprint density at radius 2 is 1.72 bits per heavy atom. The molecule has 0 aromatic heterocycles. The van der Waals surface area contributed by atoms with E-state index < -0.39 is 5.60 Å². The van der Waals surface area contributed by atoms with Gasteiger partial charge in [0.25, 0.3) is 0 Å². The number of hydrogen-bond donors (Lipinski definition) is 0. The first-order valence-corrected chi connectivity index (χ1v) is 11.9. The van der Waals surface area contributed by atoms with Crippen molar-refractivity contribution in [2.45, 2.75) is 58.6 Å². The van der Waals surface area contributed by atoms with Crippen LogP contribution in [0.3, 0.4) is 0 Å². The molecule has 178 valence electrons. The SMILES string of the molecule is CC1CCCN1CCCOc1ccc(C(=O)CN2CCN(C(=O)OC(C)(C)C)CC2)cc1. The Morgan fingerprint density at radius 3 is 2.31 bits per heavy atom. The minimum Gasteiger partial charge on any atom is -0.494 e. The zero-order valence-electron chi connectivity index (χ0n) is 20.1. The van der Waals surface area contributed by atoms with Gasteiger partial charge in [0.05, 0.1) is 13.2 Å². The normalized spacial score (nSPS) is 20.4. The number of rotatable bonds is 8. The van der Waals surface area contributed by atoms with Crippen LogP contribution in [0.2, 0.25) is 0 Å². The first kappa shape index (κ1) is 24.5. The Kier molecular flexibility index (Phi) is 8.54. The summed E-state index contributed by atoms with van der Waals surface area (Å²) in [6.07, 6.45) is 3.33. The minimum absolute atomic E-state index is 0.0882. The van der Waals surface area contributed by atoms with Gasteiger partial charge in [-0.1, -0.05) is 0 Å². The fourth-order valence-corrected chi connectivity index (χ4v) is 4.23. The van der Waals surface area contributed by atoms with Gasteiger partial charge in [-0.15, -0.1) is 0 Å². The lowest BCUT2D eigenvalue weighted by Crippen LogP contribution is -2.51. The van der Waals surface area contributed by atoms with E-state index in [1.165, 1.54) is 19.4 Å². The van der Waals surface area contributed by atoms with Crippen LogP contribution in [0.1, 0.15) is 57.3 Å². The molecule has 0 aliphatic carbocycles. The molecule has 0 bridgehead atoms. The lowest BCUT2D eigenvalue weighted by Gasteiger charge is -2.35. The number of amides is 1. The average molecular weight is 446 g/mol. The summed E-state index contributed by atoms with van der Waals surface area (Å²) in [6, 6.07) is 8.15. The van der Waals surface area contributed by atoms with Crippen LogP contribution in [-0.2, 0) is 4.74 Å². The molecule has 2 aliphatic rings. The Bertz CT molecular complexity index is 751. The average Bonchev–Trinajstić information content (AvgIpc) is 3.15. The maximum absolute atomic E-state index is 12.7.